The Labute approximate surface area is 129 Å². The maximum Gasteiger partial charge on any atom is 0.433 e. The minimum Gasteiger partial charge on any atom is -0.472 e. The zero-order valence-electron chi connectivity index (χ0n) is 11.1. The van der Waals surface area contributed by atoms with Crippen molar-refractivity contribution in [1.82, 2.24) is 20.1 Å². The van der Waals surface area contributed by atoms with Gasteiger partial charge in [-0.2, -0.15) is 18.2 Å². The lowest BCUT2D eigenvalue weighted by Gasteiger charge is -2.06. The molecule has 1 N–H and O–H groups in total. The molecule has 0 aliphatic carbocycles. The summed E-state index contributed by atoms with van der Waals surface area (Å²) >= 11 is 0.842. The molecule has 0 aliphatic rings. The van der Waals surface area contributed by atoms with Gasteiger partial charge in [0.15, 0.2) is 10.9 Å². The van der Waals surface area contributed by atoms with Crippen LogP contribution in [0.4, 0.5) is 13.2 Å². The molecular formula is C12H7F3N4O3S. The number of furan rings is 1. The monoisotopic (exact) mass is 344 g/mol. The fourth-order valence-electron chi connectivity index (χ4n) is 1.60. The molecule has 11 heteroatoms. The molecule has 0 spiro atoms. The molecule has 3 aromatic heterocycles. The van der Waals surface area contributed by atoms with Gasteiger partial charge in [-0.25, -0.2) is 4.98 Å². The van der Waals surface area contributed by atoms with Gasteiger partial charge in [0, 0.05) is 6.07 Å². The van der Waals surface area contributed by atoms with Crippen LogP contribution in [0.2, 0.25) is 0 Å². The lowest BCUT2D eigenvalue weighted by molar-refractivity contribution is -0.141. The molecule has 0 radical (unpaired) electrons. The van der Waals surface area contributed by atoms with Crippen molar-refractivity contribution in [2.75, 3.05) is 0 Å². The van der Waals surface area contributed by atoms with Crippen molar-refractivity contribution in [3.8, 4) is 11.4 Å². The Bertz CT molecular complexity index is 857. The number of aromatic amines is 1. The topological polar surface area (TPSA) is 97.8 Å². The van der Waals surface area contributed by atoms with Crippen LogP contribution in [0.25, 0.3) is 11.4 Å². The van der Waals surface area contributed by atoms with Crippen molar-refractivity contribution in [3.63, 3.8) is 0 Å². The average Bonchev–Trinajstić information content (AvgIpc) is 3.15. The van der Waals surface area contributed by atoms with E-state index in [1.165, 1.54) is 12.5 Å². The predicted molar refractivity (Wildman–Crippen MR) is 71.4 cm³/mol. The number of halogens is 3. The normalized spacial score (nSPS) is 11.8. The quantitative estimate of drug-likeness (QED) is 0.574. The first-order valence-electron chi connectivity index (χ1n) is 6.08. The van der Waals surface area contributed by atoms with Gasteiger partial charge in [0.1, 0.15) is 6.26 Å². The van der Waals surface area contributed by atoms with Crippen LogP contribution in [0, 0.1) is 0 Å². The molecule has 3 rings (SSSR count). The lowest BCUT2D eigenvalue weighted by atomic mass is 10.3. The molecule has 0 atom stereocenters. The summed E-state index contributed by atoms with van der Waals surface area (Å²) in [5.74, 6) is 0.515. The van der Waals surface area contributed by atoms with Gasteiger partial charge in [0.2, 0.25) is 11.7 Å². The number of H-pyrrole nitrogens is 1. The summed E-state index contributed by atoms with van der Waals surface area (Å²) in [4.78, 5) is 20.9. The highest BCUT2D eigenvalue weighted by Crippen LogP contribution is 2.28. The van der Waals surface area contributed by atoms with Crippen molar-refractivity contribution < 1.29 is 22.1 Å². The summed E-state index contributed by atoms with van der Waals surface area (Å²) in [7, 11) is 0. The molecule has 0 fully saturated rings. The first-order chi connectivity index (χ1) is 10.9. The SMILES string of the molecule is O=c1cc(C(F)(F)F)nc(SCc2nc(-c3ccoc3)no2)[nH]1. The van der Waals surface area contributed by atoms with E-state index >= 15 is 0 Å². The molecule has 3 aromatic rings. The summed E-state index contributed by atoms with van der Waals surface area (Å²) < 4.78 is 47.6. The Hall–Kier alpha value is -2.56. The van der Waals surface area contributed by atoms with Crippen molar-refractivity contribution in [1.29, 1.82) is 0 Å². The maximum absolute atomic E-state index is 12.6. The Morgan fingerprint density at radius 2 is 2.13 bits per heavy atom. The zero-order chi connectivity index (χ0) is 16.4. The molecule has 23 heavy (non-hydrogen) atoms. The Morgan fingerprint density at radius 3 is 2.83 bits per heavy atom. The van der Waals surface area contributed by atoms with E-state index in [1.807, 2.05) is 0 Å². The first kappa shape index (κ1) is 15.3. The van der Waals surface area contributed by atoms with Crippen molar-refractivity contribution in [2.24, 2.45) is 0 Å². The van der Waals surface area contributed by atoms with Gasteiger partial charge < -0.3 is 13.9 Å². The fourth-order valence-corrected chi connectivity index (χ4v) is 2.31. The number of aromatic nitrogens is 4. The van der Waals surface area contributed by atoms with Crippen molar-refractivity contribution in [2.45, 2.75) is 17.1 Å². The Kier molecular flexibility index (Phi) is 3.94. The highest BCUT2D eigenvalue weighted by molar-refractivity contribution is 7.98. The molecule has 7 nitrogen and oxygen atoms in total. The molecule has 0 amide bonds. The minimum atomic E-state index is -4.69. The van der Waals surface area contributed by atoms with Crippen LogP contribution in [-0.4, -0.2) is 20.1 Å². The summed E-state index contributed by atoms with van der Waals surface area (Å²) in [6.45, 7) is 0. The molecule has 3 heterocycles. The van der Waals surface area contributed by atoms with E-state index in [1.54, 1.807) is 6.07 Å². The third kappa shape index (κ3) is 3.62. The molecule has 0 aromatic carbocycles. The van der Waals surface area contributed by atoms with Crippen LogP contribution in [-0.2, 0) is 11.9 Å². The zero-order valence-corrected chi connectivity index (χ0v) is 11.9. The van der Waals surface area contributed by atoms with E-state index in [4.69, 9.17) is 8.94 Å². The van der Waals surface area contributed by atoms with Gasteiger partial charge in [-0.1, -0.05) is 16.9 Å². The van der Waals surface area contributed by atoms with Crippen LogP contribution < -0.4 is 5.56 Å². The average molecular weight is 344 g/mol. The highest BCUT2D eigenvalue weighted by Gasteiger charge is 2.33. The van der Waals surface area contributed by atoms with Gasteiger partial charge in [0.25, 0.3) is 5.56 Å². The third-order valence-electron chi connectivity index (χ3n) is 2.59. The smallest absolute Gasteiger partial charge is 0.433 e. The predicted octanol–water partition coefficient (Wildman–Crippen LogP) is 2.72. The van der Waals surface area contributed by atoms with Crippen molar-refractivity contribution >= 4 is 11.8 Å². The number of nitrogens with one attached hydrogen (secondary N) is 1. The van der Waals surface area contributed by atoms with Gasteiger partial charge in [0.05, 0.1) is 17.6 Å². The molecule has 0 aliphatic heterocycles. The molecule has 0 saturated heterocycles. The number of nitrogens with zero attached hydrogens (tertiary/aromatic N) is 3. The van der Waals surface area contributed by atoms with Gasteiger partial charge in [-0.05, 0) is 6.07 Å². The number of hydrogen-bond donors (Lipinski definition) is 1. The third-order valence-corrected chi connectivity index (χ3v) is 3.45. The van der Waals surface area contributed by atoms with Crippen LogP contribution >= 0.6 is 11.8 Å². The highest BCUT2D eigenvalue weighted by atomic mass is 32.2. The number of rotatable bonds is 4. The number of thioether (sulfide) groups is 1. The number of alkyl halides is 3. The van der Waals surface area contributed by atoms with E-state index in [0.717, 1.165) is 11.8 Å². The standard InChI is InChI=1S/C12H7F3N4O3S/c13-12(14,15)7-3-8(20)17-11(16-7)23-5-9-18-10(19-22-9)6-1-2-21-4-6/h1-4H,5H2,(H,16,17,20). The molecular weight excluding hydrogens is 337 g/mol. The van der Waals surface area contributed by atoms with Gasteiger partial charge in [-0.3, -0.25) is 4.79 Å². The molecule has 0 bridgehead atoms. The summed E-state index contributed by atoms with van der Waals surface area (Å²) in [6.07, 6.45) is -1.83. The van der Waals surface area contributed by atoms with E-state index in [2.05, 4.69) is 20.1 Å². The van der Waals surface area contributed by atoms with E-state index in [-0.39, 0.29) is 16.8 Å². The van der Waals surface area contributed by atoms with Crippen LogP contribution in [0.1, 0.15) is 11.6 Å². The first-order valence-corrected chi connectivity index (χ1v) is 7.07. The van der Waals surface area contributed by atoms with Gasteiger partial charge in [-0.15, -0.1) is 0 Å². The van der Waals surface area contributed by atoms with Crippen LogP contribution in [0.3, 0.4) is 0 Å². The minimum absolute atomic E-state index is 0.0507. The number of hydrogen-bond acceptors (Lipinski definition) is 7. The van der Waals surface area contributed by atoms with Crippen molar-refractivity contribution in [3.05, 3.63) is 46.6 Å². The van der Waals surface area contributed by atoms with Gasteiger partial charge >= 0.3 is 6.18 Å². The summed E-state index contributed by atoms with van der Waals surface area (Å²) in [6, 6.07) is 2.03. The lowest BCUT2D eigenvalue weighted by Crippen LogP contribution is -2.16. The van der Waals surface area contributed by atoms with E-state index in [0.29, 0.717) is 17.5 Å². The van der Waals surface area contributed by atoms with E-state index < -0.39 is 17.4 Å². The van der Waals surface area contributed by atoms with E-state index in [9.17, 15) is 18.0 Å². The second-order valence-electron chi connectivity index (χ2n) is 4.25. The Morgan fingerprint density at radius 1 is 1.30 bits per heavy atom. The molecule has 120 valence electrons. The molecule has 0 saturated carbocycles. The molecule has 0 unspecified atom stereocenters. The summed E-state index contributed by atoms with van der Waals surface area (Å²) in [5.41, 5.74) is -1.54. The maximum atomic E-state index is 12.6. The fraction of sp³-hybridized carbons (Fsp3) is 0.167. The largest absolute Gasteiger partial charge is 0.472 e. The van der Waals surface area contributed by atoms with Crippen LogP contribution in [0.15, 0.2) is 43.6 Å². The van der Waals surface area contributed by atoms with Crippen LogP contribution in [0.5, 0.6) is 0 Å². The second kappa shape index (κ2) is 5.91. The Balaban J connectivity index is 1.74. The summed E-state index contributed by atoms with van der Waals surface area (Å²) in [5, 5.41) is 3.53. The second-order valence-corrected chi connectivity index (χ2v) is 5.21.